The average molecular weight is 364 g/mol. The Kier molecular flexibility index (Phi) is 5.23. The molecule has 2 heterocycles. The van der Waals surface area contributed by atoms with E-state index in [0.29, 0.717) is 6.04 Å². The van der Waals surface area contributed by atoms with Gasteiger partial charge in [-0.2, -0.15) is 15.0 Å². The monoisotopic (exact) mass is 363 g/mol. The number of benzene rings is 1. The van der Waals surface area contributed by atoms with Crippen LogP contribution in [0, 0.1) is 0 Å². The summed E-state index contributed by atoms with van der Waals surface area (Å²) in [5.41, 5.74) is 2.01. The van der Waals surface area contributed by atoms with Gasteiger partial charge in [-0.05, 0) is 44.1 Å². The molecule has 118 valence electrons. The van der Waals surface area contributed by atoms with Gasteiger partial charge in [-0.15, -0.1) is 0 Å². The van der Waals surface area contributed by atoms with Crippen LogP contribution in [0.2, 0.25) is 0 Å². The van der Waals surface area contributed by atoms with Crippen LogP contribution in [0.4, 0.5) is 0 Å². The van der Waals surface area contributed by atoms with Gasteiger partial charge in [0.05, 0.1) is 17.6 Å². The summed E-state index contributed by atoms with van der Waals surface area (Å²) in [5.74, 6) is 0. The Morgan fingerprint density at radius 2 is 2.36 bits per heavy atom. The van der Waals surface area contributed by atoms with Gasteiger partial charge in [0.25, 0.3) is 0 Å². The summed E-state index contributed by atoms with van der Waals surface area (Å²) in [6, 6.07) is 8.66. The molecule has 1 fully saturated rings. The highest BCUT2D eigenvalue weighted by Gasteiger charge is 2.22. The zero-order chi connectivity index (χ0) is 15.4. The Morgan fingerprint density at radius 3 is 3.09 bits per heavy atom. The van der Waals surface area contributed by atoms with E-state index < -0.39 is 0 Å². The van der Waals surface area contributed by atoms with Crippen molar-refractivity contribution < 1.29 is 0 Å². The van der Waals surface area contributed by atoms with Gasteiger partial charge in [0.2, 0.25) is 0 Å². The molecular weight excluding hydrogens is 342 g/mol. The lowest BCUT2D eigenvalue weighted by atomic mass is 10.2. The molecule has 1 aliphatic rings. The summed E-state index contributed by atoms with van der Waals surface area (Å²) in [6.07, 6.45) is 4.27. The Morgan fingerprint density at radius 1 is 1.45 bits per heavy atom. The van der Waals surface area contributed by atoms with Gasteiger partial charge < -0.3 is 5.32 Å². The Balaban J connectivity index is 1.72. The molecule has 0 amide bonds. The van der Waals surface area contributed by atoms with Gasteiger partial charge in [0.15, 0.2) is 0 Å². The number of rotatable bonds is 6. The molecule has 1 unspecified atom stereocenters. The van der Waals surface area contributed by atoms with Crippen LogP contribution in [0.5, 0.6) is 0 Å². The van der Waals surface area contributed by atoms with Crippen LogP contribution in [0.1, 0.15) is 25.5 Å². The molecule has 2 aromatic rings. The Bertz CT molecular complexity index is 606. The minimum absolute atomic E-state index is 0.621. The van der Waals surface area contributed by atoms with Gasteiger partial charge in [-0.25, -0.2) is 0 Å². The second-order valence-electron chi connectivity index (χ2n) is 5.72. The van der Waals surface area contributed by atoms with E-state index >= 15 is 0 Å². The van der Waals surface area contributed by atoms with Gasteiger partial charge in [0, 0.05) is 23.6 Å². The summed E-state index contributed by atoms with van der Waals surface area (Å²) in [4.78, 5) is 4.23. The van der Waals surface area contributed by atoms with E-state index in [9.17, 15) is 0 Å². The molecule has 1 aliphatic heterocycles. The topological polar surface area (TPSA) is 46.0 Å². The molecule has 3 rings (SSSR count). The predicted molar refractivity (Wildman–Crippen MR) is 91.0 cm³/mol. The fourth-order valence-corrected chi connectivity index (χ4v) is 3.32. The molecule has 0 aliphatic carbocycles. The van der Waals surface area contributed by atoms with Crippen molar-refractivity contribution >= 4 is 15.9 Å². The summed E-state index contributed by atoms with van der Waals surface area (Å²) in [7, 11) is 0. The van der Waals surface area contributed by atoms with Crippen molar-refractivity contribution in [2.45, 2.75) is 32.4 Å². The molecule has 0 bridgehead atoms. The van der Waals surface area contributed by atoms with Crippen molar-refractivity contribution in [1.29, 1.82) is 0 Å². The van der Waals surface area contributed by atoms with Crippen LogP contribution in [0.3, 0.4) is 0 Å². The number of nitrogens with one attached hydrogen (secondary N) is 1. The van der Waals surface area contributed by atoms with Gasteiger partial charge >= 0.3 is 0 Å². The molecule has 1 aromatic heterocycles. The minimum atomic E-state index is 0.621. The molecule has 5 nitrogen and oxygen atoms in total. The fraction of sp³-hybridized carbons (Fsp3) is 0.500. The molecule has 0 radical (unpaired) electrons. The third kappa shape index (κ3) is 3.74. The third-order valence-electron chi connectivity index (χ3n) is 4.01. The molecular formula is C16H22BrN5. The van der Waals surface area contributed by atoms with Gasteiger partial charge in [-0.3, -0.25) is 4.90 Å². The second-order valence-corrected chi connectivity index (χ2v) is 6.64. The van der Waals surface area contributed by atoms with Gasteiger partial charge in [-0.1, -0.05) is 28.9 Å². The summed E-state index contributed by atoms with van der Waals surface area (Å²) >= 11 is 3.49. The van der Waals surface area contributed by atoms with Crippen LogP contribution in [0.25, 0.3) is 5.69 Å². The lowest BCUT2D eigenvalue weighted by Crippen LogP contribution is -2.37. The first kappa shape index (κ1) is 15.6. The van der Waals surface area contributed by atoms with Gasteiger partial charge in [0.1, 0.15) is 0 Å². The largest absolute Gasteiger partial charge is 0.315 e. The Hall–Kier alpha value is -1.24. The predicted octanol–water partition coefficient (Wildman–Crippen LogP) is 2.60. The number of nitrogens with zero attached hydrogens (tertiary/aromatic N) is 4. The first-order chi connectivity index (χ1) is 10.8. The van der Waals surface area contributed by atoms with Crippen LogP contribution in [-0.2, 0) is 6.54 Å². The molecule has 6 heteroatoms. The lowest BCUT2D eigenvalue weighted by molar-refractivity contribution is 0.197. The number of hydrogen-bond acceptors (Lipinski definition) is 4. The average Bonchev–Trinajstić information content (AvgIpc) is 3.18. The number of halogens is 1. The van der Waals surface area contributed by atoms with E-state index in [4.69, 9.17) is 0 Å². The van der Waals surface area contributed by atoms with Crippen molar-refractivity contribution in [3.63, 3.8) is 0 Å². The number of hydrogen-bond donors (Lipinski definition) is 1. The maximum Gasteiger partial charge on any atom is 0.0971 e. The molecule has 0 saturated carbocycles. The van der Waals surface area contributed by atoms with E-state index in [1.165, 1.54) is 6.42 Å². The van der Waals surface area contributed by atoms with Crippen molar-refractivity contribution in [3.05, 3.63) is 40.6 Å². The zero-order valence-corrected chi connectivity index (χ0v) is 14.5. The van der Waals surface area contributed by atoms with E-state index in [2.05, 4.69) is 43.3 Å². The quantitative estimate of drug-likeness (QED) is 0.856. The molecule has 22 heavy (non-hydrogen) atoms. The molecule has 1 aromatic carbocycles. The lowest BCUT2D eigenvalue weighted by Gasteiger charge is -2.26. The minimum Gasteiger partial charge on any atom is -0.315 e. The van der Waals surface area contributed by atoms with E-state index in [1.54, 1.807) is 4.80 Å². The summed E-state index contributed by atoms with van der Waals surface area (Å²) in [6.45, 7) is 6.41. The molecule has 0 spiro atoms. The highest BCUT2D eigenvalue weighted by atomic mass is 79.9. The van der Waals surface area contributed by atoms with Crippen LogP contribution in [0.15, 0.2) is 34.9 Å². The normalized spacial score (nSPS) is 18.2. The second kappa shape index (κ2) is 7.35. The first-order valence-electron chi connectivity index (χ1n) is 7.88. The maximum atomic E-state index is 4.64. The SMILES string of the molecule is CCCN(Cc1cnn(-c2cccc(Br)c2)n1)C1CCNC1. The molecule has 1 N–H and O–H groups in total. The summed E-state index contributed by atoms with van der Waals surface area (Å²) in [5, 5.41) is 12.5. The van der Waals surface area contributed by atoms with E-state index in [1.807, 2.05) is 30.5 Å². The van der Waals surface area contributed by atoms with Crippen LogP contribution < -0.4 is 5.32 Å². The van der Waals surface area contributed by atoms with Crippen LogP contribution in [-0.4, -0.2) is 45.6 Å². The zero-order valence-electron chi connectivity index (χ0n) is 12.9. The highest BCUT2D eigenvalue weighted by Crippen LogP contribution is 2.16. The van der Waals surface area contributed by atoms with Crippen LogP contribution >= 0.6 is 15.9 Å². The van der Waals surface area contributed by atoms with Crippen molar-refractivity contribution in [2.75, 3.05) is 19.6 Å². The maximum absolute atomic E-state index is 4.64. The smallest absolute Gasteiger partial charge is 0.0971 e. The summed E-state index contributed by atoms with van der Waals surface area (Å²) < 4.78 is 1.04. The molecule has 1 atom stereocenters. The third-order valence-corrected chi connectivity index (χ3v) is 4.50. The Labute approximate surface area is 139 Å². The van der Waals surface area contributed by atoms with E-state index in [-0.39, 0.29) is 0 Å². The van der Waals surface area contributed by atoms with Crippen molar-refractivity contribution in [3.8, 4) is 5.69 Å². The number of aromatic nitrogens is 3. The fourth-order valence-electron chi connectivity index (χ4n) is 2.93. The van der Waals surface area contributed by atoms with Crippen molar-refractivity contribution in [2.24, 2.45) is 0 Å². The standard InChI is InChI=1S/C16H22BrN5/c1-2-8-21(16-6-7-18-11-16)12-14-10-19-22(20-14)15-5-3-4-13(17)9-15/h3-5,9-10,16,18H,2,6-8,11-12H2,1H3. The van der Waals surface area contributed by atoms with Crippen molar-refractivity contribution in [1.82, 2.24) is 25.2 Å². The highest BCUT2D eigenvalue weighted by molar-refractivity contribution is 9.10. The molecule has 1 saturated heterocycles. The van der Waals surface area contributed by atoms with E-state index in [0.717, 1.165) is 48.5 Å². The first-order valence-corrected chi connectivity index (χ1v) is 8.67.